The van der Waals surface area contributed by atoms with Crippen molar-refractivity contribution in [3.63, 3.8) is 0 Å². The molecular weight excluding hydrogens is 325 g/mol. The predicted molar refractivity (Wildman–Crippen MR) is 80.2 cm³/mol. The molecule has 118 valence electrons. The van der Waals surface area contributed by atoms with E-state index in [1.807, 2.05) is 0 Å². The Morgan fingerprint density at radius 3 is 2.38 bits per heavy atom. The van der Waals surface area contributed by atoms with E-state index in [0.29, 0.717) is 0 Å². The lowest BCUT2D eigenvalue weighted by Crippen LogP contribution is -2.32. The lowest BCUT2D eigenvalue weighted by molar-refractivity contribution is -0.174. The van der Waals surface area contributed by atoms with Crippen molar-refractivity contribution in [3.05, 3.63) is 35.9 Å². The Bertz CT molecular complexity index is 463. The highest BCUT2D eigenvalue weighted by Gasteiger charge is 2.45. The summed E-state index contributed by atoms with van der Waals surface area (Å²) in [6.07, 6.45) is -4.74. The summed E-state index contributed by atoms with van der Waals surface area (Å²) in [6, 6.07) is 7.41. The van der Waals surface area contributed by atoms with E-state index in [4.69, 9.17) is 4.74 Å². The zero-order valence-corrected chi connectivity index (χ0v) is 12.0. The number of thioether (sulfide) groups is 1. The van der Waals surface area contributed by atoms with Crippen LogP contribution in [0, 0.1) is 0 Å². The topological polar surface area (TPSA) is 35.5 Å². The van der Waals surface area contributed by atoms with Crippen LogP contribution in [-0.2, 0) is 9.47 Å². The number of hydrogen-bond acceptors (Lipinski definition) is 5. The SMILES string of the molecule is C.CCOC(=S)SC(OC(=O)c1ccccc1)C(F)(F)F. The highest BCUT2D eigenvalue weighted by molar-refractivity contribution is 8.22. The highest BCUT2D eigenvalue weighted by Crippen LogP contribution is 2.33. The van der Waals surface area contributed by atoms with Gasteiger partial charge in [0.2, 0.25) is 4.38 Å². The minimum absolute atomic E-state index is 0. The van der Waals surface area contributed by atoms with Gasteiger partial charge in [0.05, 0.1) is 12.2 Å². The first-order valence-electron chi connectivity index (χ1n) is 5.50. The number of esters is 1. The van der Waals surface area contributed by atoms with Crippen molar-refractivity contribution in [2.24, 2.45) is 0 Å². The smallest absolute Gasteiger partial charge is 0.435 e. The van der Waals surface area contributed by atoms with Crippen LogP contribution in [-0.4, -0.2) is 28.6 Å². The molecule has 1 rings (SSSR count). The van der Waals surface area contributed by atoms with E-state index in [-0.39, 0.29) is 35.7 Å². The van der Waals surface area contributed by atoms with Gasteiger partial charge in [0.25, 0.3) is 5.44 Å². The second-order valence-electron chi connectivity index (χ2n) is 3.45. The van der Waals surface area contributed by atoms with Gasteiger partial charge in [-0.05, 0) is 43.0 Å². The molecule has 0 saturated heterocycles. The van der Waals surface area contributed by atoms with Crippen LogP contribution in [0.5, 0.6) is 0 Å². The van der Waals surface area contributed by atoms with Gasteiger partial charge in [0.15, 0.2) is 0 Å². The molecule has 1 aromatic rings. The van der Waals surface area contributed by atoms with Gasteiger partial charge in [-0.2, -0.15) is 13.2 Å². The van der Waals surface area contributed by atoms with Crippen molar-refractivity contribution in [1.82, 2.24) is 0 Å². The number of hydrogen-bond donors (Lipinski definition) is 0. The monoisotopic (exact) mass is 340 g/mol. The first-order chi connectivity index (χ1) is 9.34. The van der Waals surface area contributed by atoms with Gasteiger partial charge in [0, 0.05) is 0 Å². The van der Waals surface area contributed by atoms with Crippen LogP contribution in [0.25, 0.3) is 0 Å². The lowest BCUT2D eigenvalue weighted by Gasteiger charge is -2.20. The molecule has 8 heteroatoms. The first-order valence-corrected chi connectivity index (χ1v) is 6.79. The van der Waals surface area contributed by atoms with Crippen molar-refractivity contribution >= 4 is 34.3 Å². The summed E-state index contributed by atoms with van der Waals surface area (Å²) in [5.74, 6) is -1.07. The van der Waals surface area contributed by atoms with Crippen LogP contribution in [0.1, 0.15) is 24.7 Å². The highest BCUT2D eigenvalue weighted by atomic mass is 32.2. The number of benzene rings is 1. The molecule has 3 nitrogen and oxygen atoms in total. The van der Waals surface area contributed by atoms with Crippen LogP contribution in [0.2, 0.25) is 0 Å². The largest absolute Gasteiger partial charge is 0.479 e. The van der Waals surface area contributed by atoms with Gasteiger partial charge < -0.3 is 9.47 Å². The van der Waals surface area contributed by atoms with Gasteiger partial charge in [0.1, 0.15) is 0 Å². The predicted octanol–water partition coefficient (Wildman–Crippen LogP) is 4.42. The minimum Gasteiger partial charge on any atom is -0.479 e. The summed E-state index contributed by atoms with van der Waals surface area (Å²) in [4.78, 5) is 11.6. The van der Waals surface area contributed by atoms with Crippen molar-refractivity contribution in [1.29, 1.82) is 0 Å². The Hall–Kier alpha value is -1.28. The number of carbonyl (C=O) groups is 1. The molecule has 0 aliphatic rings. The normalized spacial score (nSPS) is 12.0. The van der Waals surface area contributed by atoms with E-state index in [1.54, 1.807) is 13.0 Å². The molecule has 0 bridgehead atoms. The Labute approximate surface area is 130 Å². The molecule has 0 fully saturated rings. The van der Waals surface area contributed by atoms with Crippen LogP contribution < -0.4 is 0 Å². The van der Waals surface area contributed by atoms with Gasteiger partial charge in [-0.3, -0.25) is 0 Å². The molecule has 0 heterocycles. The molecule has 0 aliphatic heterocycles. The minimum atomic E-state index is -4.74. The number of thiocarbonyl (C=S) groups is 1. The third-order valence-electron chi connectivity index (χ3n) is 1.96. The summed E-state index contributed by atoms with van der Waals surface area (Å²) >= 11 is 4.76. The third-order valence-corrected chi connectivity index (χ3v) is 3.25. The molecular formula is C13H15F3O3S2. The van der Waals surface area contributed by atoms with E-state index in [9.17, 15) is 18.0 Å². The van der Waals surface area contributed by atoms with Crippen LogP contribution >= 0.6 is 24.0 Å². The molecule has 0 aliphatic carbocycles. The summed E-state index contributed by atoms with van der Waals surface area (Å²) < 4.78 is 47.2. The van der Waals surface area contributed by atoms with Crippen molar-refractivity contribution in [2.75, 3.05) is 6.61 Å². The van der Waals surface area contributed by atoms with Gasteiger partial charge in [-0.25, -0.2) is 4.79 Å². The molecule has 0 aromatic heterocycles. The van der Waals surface area contributed by atoms with Gasteiger partial charge in [-0.1, -0.05) is 25.6 Å². The van der Waals surface area contributed by atoms with Gasteiger partial charge >= 0.3 is 12.1 Å². The quantitative estimate of drug-likeness (QED) is 0.460. The molecule has 0 spiro atoms. The molecule has 1 aromatic carbocycles. The molecule has 0 N–H and O–H groups in total. The number of ether oxygens (including phenoxy) is 2. The van der Waals surface area contributed by atoms with Crippen LogP contribution in [0.4, 0.5) is 13.2 Å². The van der Waals surface area contributed by atoms with E-state index in [0.717, 1.165) is 0 Å². The van der Waals surface area contributed by atoms with E-state index in [2.05, 4.69) is 17.0 Å². The molecule has 1 atom stereocenters. The average Bonchev–Trinajstić information content (AvgIpc) is 2.38. The molecule has 0 saturated carbocycles. The number of alkyl halides is 3. The average molecular weight is 340 g/mol. The maximum atomic E-state index is 12.8. The van der Waals surface area contributed by atoms with E-state index < -0.39 is 17.6 Å². The Morgan fingerprint density at radius 2 is 1.90 bits per heavy atom. The summed E-state index contributed by atoms with van der Waals surface area (Å²) in [5, 5.41) is 0. The maximum absolute atomic E-state index is 12.8. The second kappa shape index (κ2) is 8.89. The Morgan fingerprint density at radius 1 is 1.33 bits per heavy atom. The summed E-state index contributed by atoms with van der Waals surface area (Å²) in [6.45, 7) is 1.73. The van der Waals surface area contributed by atoms with Crippen molar-refractivity contribution in [3.8, 4) is 0 Å². The standard InChI is InChI=1S/C12H11F3O3S2.CH4/c1-2-17-11(19)20-10(12(13,14)15)18-9(16)8-6-4-3-5-7-8;/h3-7,10H,2H2,1H3;1H4. The molecule has 0 amide bonds. The number of carbonyl (C=O) groups excluding carboxylic acids is 1. The third kappa shape index (κ3) is 6.81. The fourth-order valence-electron chi connectivity index (χ4n) is 1.14. The van der Waals surface area contributed by atoms with E-state index in [1.165, 1.54) is 24.3 Å². The van der Waals surface area contributed by atoms with Crippen molar-refractivity contribution < 1.29 is 27.4 Å². The maximum Gasteiger partial charge on any atom is 0.435 e. The Kier molecular flexibility index (Phi) is 8.34. The molecule has 1 unspecified atom stereocenters. The second-order valence-corrected chi connectivity index (χ2v) is 5.11. The number of halogens is 3. The summed E-state index contributed by atoms with van der Waals surface area (Å²) in [5.41, 5.74) is -2.36. The molecule has 21 heavy (non-hydrogen) atoms. The fourth-order valence-corrected chi connectivity index (χ4v) is 2.15. The van der Waals surface area contributed by atoms with Gasteiger partial charge in [-0.15, -0.1) is 0 Å². The Balaban J connectivity index is 0.00000400. The van der Waals surface area contributed by atoms with Crippen molar-refractivity contribution in [2.45, 2.75) is 26.0 Å². The zero-order chi connectivity index (χ0) is 15.2. The fraction of sp³-hybridized carbons (Fsp3) is 0.385. The summed E-state index contributed by atoms with van der Waals surface area (Å²) in [7, 11) is 0. The number of rotatable bonds is 4. The van der Waals surface area contributed by atoms with Crippen LogP contribution in [0.15, 0.2) is 30.3 Å². The first kappa shape index (κ1) is 19.7. The van der Waals surface area contributed by atoms with E-state index >= 15 is 0 Å². The van der Waals surface area contributed by atoms with Crippen LogP contribution in [0.3, 0.4) is 0 Å². The lowest BCUT2D eigenvalue weighted by atomic mass is 10.2. The zero-order valence-electron chi connectivity index (χ0n) is 10.3. The molecule has 0 radical (unpaired) electrons.